The van der Waals surface area contributed by atoms with Crippen LogP contribution in [0.25, 0.3) is 0 Å². The van der Waals surface area contributed by atoms with Crippen molar-refractivity contribution in [2.45, 2.75) is 31.7 Å². The fourth-order valence-electron chi connectivity index (χ4n) is 2.43. The minimum atomic E-state index is -0.286. The topological polar surface area (TPSA) is 53.3 Å². The van der Waals surface area contributed by atoms with E-state index in [1.165, 1.54) is 13.5 Å². The highest BCUT2D eigenvalue weighted by Gasteiger charge is 2.43. The fraction of sp³-hybridized carbons (Fsp3) is 0.818. The van der Waals surface area contributed by atoms with Crippen LogP contribution in [0.4, 0.5) is 4.79 Å². The number of likely N-dealkylation sites (tertiary alicyclic amines) is 1. The molecule has 1 saturated heterocycles. The SMILES string of the molecule is COC(=O)N1CCC1C(C#N)C1CCC1. The molecule has 0 aromatic heterocycles. The number of nitriles is 1. The van der Waals surface area contributed by atoms with Gasteiger partial charge in [-0.3, -0.25) is 0 Å². The Labute approximate surface area is 89.8 Å². The Morgan fingerprint density at radius 2 is 2.27 bits per heavy atom. The van der Waals surface area contributed by atoms with Gasteiger partial charge in [0.15, 0.2) is 0 Å². The summed E-state index contributed by atoms with van der Waals surface area (Å²) in [7, 11) is 1.39. The van der Waals surface area contributed by atoms with E-state index in [0.29, 0.717) is 5.92 Å². The van der Waals surface area contributed by atoms with Gasteiger partial charge in [-0.05, 0) is 25.2 Å². The zero-order valence-electron chi connectivity index (χ0n) is 8.98. The summed E-state index contributed by atoms with van der Waals surface area (Å²) in [6.45, 7) is 0.738. The molecule has 2 atom stereocenters. The van der Waals surface area contributed by atoms with E-state index in [0.717, 1.165) is 25.8 Å². The van der Waals surface area contributed by atoms with Gasteiger partial charge >= 0.3 is 6.09 Å². The number of carbonyl (C=O) groups is 1. The van der Waals surface area contributed by atoms with E-state index >= 15 is 0 Å². The highest BCUT2D eigenvalue weighted by atomic mass is 16.5. The Kier molecular flexibility index (Phi) is 2.81. The predicted molar refractivity (Wildman–Crippen MR) is 54.0 cm³/mol. The van der Waals surface area contributed by atoms with Gasteiger partial charge in [0.1, 0.15) is 0 Å². The Morgan fingerprint density at radius 1 is 1.53 bits per heavy atom. The molecule has 1 aliphatic heterocycles. The highest BCUT2D eigenvalue weighted by Crippen LogP contribution is 2.39. The van der Waals surface area contributed by atoms with Crippen molar-refractivity contribution in [2.24, 2.45) is 11.8 Å². The molecule has 2 fully saturated rings. The van der Waals surface area contributed by atoms with Gasteiger partial charge < -0.3 is 9.64 Å². The van der Waals surface area contributed by atoms with E-state index in [1.807, 2.05) is 0 Å². The molecule has 2 unspecified atom stereocenters. The second-order valence-corrected chi connectivity index (χ2v) is 4.37. The van der Waals surface area contributed by atoms with Gasteiger partial charge in [0.2, 0.25) is 0 Å². The highest BCUT2D eigenvalue weighted by molar-refractivity contribution is 5.69. The summed E-state index contributed by atoms with van der Waals surface area (Å²) in [6.07, 6.45) is 4.18. The molecule has 1 heterocycles. The second kappa shape index (κ2) is 4.09. The van der Waals surface area contributed by atoms with Gasteiger partial charge in [-0.25, -0.2) is 4.79 Å². The van der Waals surface area contributed by atoms with Gasteiger partial charge in [-0.2, -0.15) is 5.26 Å². The second-order valence-electron chi connectivity index (χ2n) is 4.37. The van der Waals surface area contributed by atoms with Crippen LogP contribution in [-0.2, 0) is 4.74 Å². The summed E-state index contributed by atoms with van der Waals surface area (Å²) < 4.78 is 4.69. The average molecular weight is 208 g/mol. The van der Waals surface area contributed by atoms with Crippen molar-refractivity contribution < 1.29 is 9.53 Å². The molecule has 2 aliphatic rings. The van der Waals surface area contributed by atoms with Crippen molar-refractivity contribution in [3.63, 3.8) is 0 Å². The Morgan fingerprint density at radius 3 is 2.60 bits per heavy atom. The summed E-state index contributed by atoms with van der Waals surface area (Å²) in [4.78, 5) is 13.0. The average Bonchev–Trinajstić information content (AvgIpc) is 2.11. The molecule has 82 valence electrons. The van der Waals surface area contributed by atoms with Gasteiger partial charge in [-0.1, -0.05) is 6.42 Å². The number of nitrogens with zero attached hydrogens (tertiary/aromatic N) is 2. The van der Waals surface area contributed by atoms with Crippen LogP contribution in [0.2, 0.25) is 0 Å². The van der Waals surface area contributed by atoms with Crippen LogP contribution in [0.1, 0.15) is 25.7 Å². The molecule has 2 rings (SSSR count). The van der Waals surface area contributed by atoms with Crippen molar-refractivity contribution in [2.75, 3.05) is 13.7 Å². The molecule has 1 saturated carbocycles. The molecule has 0 aromatic rings. The maximum atomic E-state index is 11.3. The van der Waals surface area contributed by atoms with Crippen LogP contribution >= 0.6 is 0 Å². The smallest absolute Gasteiger partial charge is 0.409 e. The molecule has 0 N–H and O–H groups in total. The minimum Gasteiger partial charge on any atom is -0.453 e. The van der Waals surface area contributed by atoms with Crippen molar-refractivity contribution in [1.29, 1.82) is 5.26 Å². The van der Waals surface area contributed by atoms with Crippen molar-refractivity contribution in [3.8, 4) is 6.07 Å². The van der Waals surface area contributed by atoms with E-state index < -0.39 is 0 Å². The fourth-order valence-corrected chi connectivity index (χ4v) is 2.43. The molecule has 4 nitrogen and oxygen atoms in total. The van der Waals surface area contributed by atoms with Crippen LogP contribution in [0.3, 0.4) is 0 Å². The standard InChI is InChI=1S/C11H16N2O2/c1-15-11(14)13-6-5-10(13)9(7-12)8-3-2-4-8/h8-10H,2-6H2,1H3. The lowest BCUT2D eigenvalue weighted by atomic mass is 9.71. The summed E-state index contributed by atoms with van der Waals surface area (Å²) in [6, 6.07) is 2.47. The third-order valence-corrected chi connectivity index (χ3v) is 3.70. The third kappa shape index (κ3) is 1.67. The predicted octanol–water partition coefficient (Wildman–Crippen LogP) is 1.77. The molecule has 0 aromatic carbocycles. The maximum Gasteiger partial charge on any atom is 0.409 e. The van der Waals surface area contributed by atoms with E-state index in [-0.39, 0.29) is 18.1 Å². The normalized spacial score (nSPS) is 27.2. The summed E-state index contributed by atoms with van der Waals surface area (Å²) in [5, 5.41) is 9.14. The molecule has 0 bridgehead atoms. The number of hydrogen-bond acceptors (Lipinski definition) is 3. The quantitative estimate of drug-likeness (QED) is 0.695. The summed E-state index contributed by atoms with van der Waals surface area (Å²) >= 11 is 0. The van der Waals surface area contributed by atoms with Crippen LogP contribution in [0, 0.1) is 23.2 Å². The van der Waals surface area contributed by atoms with Crippen molar-refractivity contribution >= 4 is 6.09 Å². The first kappa shape index (κ1) is 10.3. The molecular formula is C11H16N2O2. The molecular weight excluding hydrogens is 192 g/mol. The molecule has 0 radical (unpaired) electrons. The largest absolute Gasteiger partial charge is 0.453 e. The number of carbonyl (C=O) groups excluding carboxylic acids is 1. The first-order valence-electron chi connectivity index (χ1n) is 5.52. The number of hydrogen-bond donors (Lipinski definition) is 0. The molecule has 4 heteroatoms. The molecule has 0 spiro atoms. The van der Waals surface area contributed by atoms with Crippen LogP contribution in [0.15, 0.2) is 0 Å². The van der Waals surface area contributed by atoms with Gasteiger partial charge in [0.05, 0.1) is 25.1 Å². The summed E-state index contributed by atoms with van der Waals surface area (Å²) in [5.74, 6) is 0.527. The van der Waals surface area contributed by atoms with E-state index in [4.69, 9.17) is 5.26 Å². The third-order valence-electron chi connectivity index (χ3n) is 3.70. The molecule has 1 amide bonds. The number of methoxy groups -OCH3 is 1. The van der Waals surface area contributed by atoms with Gasteiger partial charge in [-0.15, -0.1) is 0 Å². The van der Waals surface area contributed by atoms with Crippen LogP contribution < -0.4 is 0 Å². The summed E-state index contributed by atoms with van der Waals surface area (Å²) in [5.41, 5.74) is 0. The number of amides is 1. The number of rotatable bonds is 2. The van der Waals surface area contributed by atoms with Gasteiger partial charge in [0, 0.05) is 6.54 Å². The van der Waals surface area contributed by atoms with Gasteiger partial charge in [0.25, 0.3) is 0 Å². The van der Waals surface area contributed by atoms with Crippen LogP contribution in [-0.4, -0.2) is 30.7 Å². The van der Waals surface area contributed by atoms with E-state index in [9.17, 15) is 4.79 Å². The lowest BCUT2D eigenvalue weighted by Gasteiger charge is -2.46. The Balaban J connectivity index is 1.97. The first-order valence-corrected chi connectivity index (χ1v) is 5.52. The van der Waals surface area contributed by atoms with Crippen molar-refractivity contribution in [1.82, 2.24) is 4.90 Å². The monoisotopic (exact) mass is 208 g/mol. The Bertz CT molecular complexity index is 293. The van der Waals surface area contributed by atoms with E-state index in [1.54, 1.807) is 4.90 Å². The maximum absolute atomic E-state index is 11.3. The van der Waals surface area contributed by atoms with Crippen molar-refractivity contribution in [3.05, 3.63) is 0 Å². The zero-order valence-corrected chi connectivity index (χ0v) is 8.98. The lowest BCUT2D eigenvalue weighted by Crippen LogP contribution is -2.56. The first-order chi connectivity index (χ1) is 7.27. The Hall–Kier alpha value is -1.24. The molecule has 15 heavy (non-hydrogen) atoms. The van der Waals surface area contributed by atoms with E-state index in [2.05, 4.69) is 10.8 Å². The van der Waals surface area contributed by atoms with Crippen LogP contribution in [0.5, 0.6) is 0 Å². The minimum absolute atomic E-state index is 0.0200. The number of ether oxygens (including phenoxy) is 1. The zero-order chi connectivity index (χ0) is 10.8. The molecule has 1 aliphatic carbocycles. The lowest BCUT2D eigenvalue weighted by molar-refractivity contribution is 0.0231.